The molecule has 0 bridgehead atoms. The third kappa shape index (κ3) is 3.80. The van der Waals surface area contributed by atoms with E-state index in [1.54, 1.807) is 0 Å². The SMILES string of the molecule is Cn1nc(-c2ccccc2)cc1CNC[C@@H]1CCCN2CCCC[C@H]12. The third-order valence-electron chi connectivity index (χ3n) is 5.99. The van der Waals surface area contributed by atoms with E-state index in [1.807, 2.05) is 17.8 Å². The molecule has 134 valence electrons. The second-order valence-corrected chi connectivity index (χ2v) is 7.64. The fourth-order valence-corrected chi connectivity index (χ4v) is 4.62. The van der Waals surface area contributed by atoms with Gasteiger partial charge in [-0.2, -0.15) is 5.10 Å². The molecule has 4 rings (SSSR count). The van der Waals surface area contributed by atoms with Crippen LogP contribution >= 0.6 is 0 Å². The molecule has 0 spiro atoms. The van der Waals surface area contributed by atoms with Crippen LogP contribution in [-0.2, 0) is 13.6 Å². The highest BCUT2D eigenvalue weighted by Gasteiger charge is 2.32. The maximum Gasteiger partial charge on any atom is 0.0926 e. The Kier molecular flexibility index (Phi) is 5.18. The van der Waals surface area contributed by atoms with E-state index in [9.17, 15) is 0 Å². The molecule has 0 radical (unpaired) electrons. The minimum absolute atomic E-state index is 0.816. The van der Waals surface area contributed by atoms with Crippen molar-refractivity contribution in [1.29, 1.82) is 0 Å². The van der Waals surface area contributed by atoms with Gasteiger partial charge in [-0.05, 0) is 57.3 Å². The first kappa shape index (κ1) is 16.8. The Morgan fingerprint density at radius 3 is 2.80 bits per heavy atom. The lowest BCUT2D eigenvalue weighted by Gasteiger charge is -2.44. The fraction of sp³-hybridized carbons (Fsp3) is 0.571. The third-order valence-corrected chi connectivity index (χ3v) is 5.99. The standard InChI is InChI=1S/C21H30N4/c1-24-19(14-20(23-24)17-8-3-2-4-9-17)16-22-15-18-10-7-13-25-12-6-5-11-21(18)25/h2-4,8-9,14,18,21-22H,5-7,10-13,15-16H2,1H3/t18-,21+/m0/s1. The molecule has 2 aromatic rings. The van der Waals surface area contributed by atoms with E-state index in [0.717, 1.165) is 30.7 Å². The molecule has 3 heterocycles. The summed E-state index contributed by atoms with van der Waals surface area (Å²) in [7, 11) is 2.05. The van der Waals surface area contributed by atoms with Crippen LogP contribution in [0.25, 0.3) is 11.3 Å². The van der Waals surface area contributed by atoms with Crippen molar-refractivity contribution in [3.05, 3.63) is 42.1 Å². The van der Waals surface area contributed by atoms with Crippen LogP contribution in [0.3, 0.4) is 0 Å². The van der Waals surface area contributed by atoms with Gasteiger partial charge >= 0.3 is 0 Å². The van der Waals surface area contributed by atoms with E-state index < -0.39 is 0 Å². The van der Waals surface area contributed by atoms with Crippen LogP contribution in [0.4, 0.5) is 0 Å². The van der Waals surface area contributed by atoms with Crippen LogP contribution in [0.2, 0.25) is 0 Å². The van der Waals surface area contributed by atoms with Crippen molar-refractivity contribution < 1.29 is 0 Å². The van der Waals surface area contributed by atoms with Crippen LogP contribution in [0.5, 0.6) is 0 Å². The monoisotopic (exact) mass is 338 g/mol. The van der Waals surface area contributed by atoms with Crippen molar-refractivity contribution in [2.45, 2.75) is 44.7 Å². The first-order valence-electron chi connectivity index (χ1n) is 9.84. The van der Waals surface area contributed by atoms with Gasteiger partial charge in [0.25, 0.3) is 0 Å². The highest BCUT2D eigenvalue weighted by molar-refractivity contribution is 5.59. The summed E-state index contributed by atoms with van der Waals surface area (Å²) in [6, 6.07) is 13.5. The Morgan fingerprint density at radius 1 is 1.08 bits per heavy atom. The number of aromatic nitrogens is 2. The molecule has 2 aliphatic rings. The molecular weight excluding hydrogens is 308 g/mol. The van der Waals surface area contributed by atoms with E-state index in [0.29, 0.717) is 0 Å². The molecule has 1 aromatic carbocycles. The van der Waals surface area contributed by atoms with Crippen LogP contribution in [0.1, 0.15) is 37.8 Å². The number of rotatable bonds is 5. The lowest BCUT2D eigenvalue weighted by atomic mass is 9.83. The van der Waals surface area contributed by atoms with Gasteiger partial charge in [-0.15, -0.1) is 0 Å². The van der Waals surface area contributed by atoms with Crippen LogP contribution < -0.4 is 5.32 Å². The summed E-state index contributed by atoms with van der Waals surface area (Å²) in [6.07, 6.45) is 6.96. The van der Waals surface area contributed by atoms with Crippen molar-refractivity contribution in [1.82, 2.24) is 20.0 Å². The molecule has 2 saturated heterocycles. The molecule has 2 atom stereocenters. The molecule has 1 aromatic heterocycles. The molecule has 0 unspecified atom stereocenters. The maximum atomic E-state index is 4.68. The molecule has 4 nitrogen and oxygen atoms in total. The number of benzene rings is 1. The molecule has 0 aliphatic carbocycles. The summed E-state index contributed by atoms with van der Waals surface area (Å²) in [5.74, 6) is 0.816. The van der Waals surface area contributed by atoms with Crippen molar-refractivity contribution >= 4 is 0 Å². The Morgan fingerprint density at radius 2 is 1.92 bits per heavy atom. The zero-order chi connectivity index (χ0) is 17.1. The highest BCUT2D eigenvalue weighted by atomic mass is 15.3. The second kappa shape index (κ2) is 7.71. The normalized spacial score (nSPS) is 24.2. The van der Waals surface area contributed by atoms with Crippen molar-refractivity contribution in [3.63, 3.8) is 0 Å². The largest absolute Gasteiger partial charge is 0.311 e. The smallest absolute Gasteiger partial charge is 0.0926 e. The molecule has 0 saturated carbocycles. The van der Waals surface area contributed by atoms with E-state index in [-0.39, 0.29) is 0 Å². The Balaban J connectivity index is 1.35. The number of fused-ring (bicyclic) bond motifs is 1. The molecule has 4 heteroatoms. The van der Waals surface area contributed by atoms with Crippen molar-refractivity contribution in [2.75, 3.05) is 19.6 Å². The first-order chi connectivity index (χ1) is 12.3. The molecular formula is C21H30N4. The van der Waals surface area contributed by atoms with Crippen LogP contribution in [0.15, 0.2) is 36.4 Å². The summed E-state index contributed by atoms with van der Waals surface area (Å²) >= 11 is 0. The van der Waals surface area contributed by atoms with Crippen molar-refractivity contribution in [3.8, 4) is 11.3 Å². The lowest BCUT2D eigenvalue weighted by Crippen LogP contribution is -2.50. The average Bonchev–Trinajstić information content (AvgIpc) is 3.03. The van der Waals surface area contributed by atoms with E-state index in [2.05, 4.69) is 45.6 Å². The molecule has 1 N–H and O–H groups in total. The van der Waals surface area contributed by atoms with Gasteiger partial charge in [0, 0.05) is 25.2 Å². The number of hydrogen-bond acceptors (Lipinski definition) is 3. The van der Waals surface area contributed by atoms with Gasteiger partial charge in [-0.25, -0.2) is 0 Å². The first-order valence-corrected chi connectivity index (χ1v) is 9.84. The zero-order valence-electron chi connectivity index (χ0n) is 15.3. The summed E-state index contributed by atoms with van der Waals surface area (Å²) < 4.78 is 2.02. The van der Waals surface area contributed by atoms with Gasteiger partial charge < -0.3 is 10.2 Å². The summed E-state index contributed by atoms with van der Waals surface area (Å²) in [5.41, 5.74) is 3.51. The molecule has 2 fully saturated rings. The Labute approximate surface area is 151 Å². The predicted octanol–water partition coefficient (Wildman–Crippen LogP) is 3.44. The van der Waals surface area contributed by atoms with Gasteiger partial charge in [0.2, 0.25) is 0 Å². The number of nitrogens with zero attached hydrogens (tertiary/aromatic N) is 3. The Bertz CT molecular complexity index is 676. The summed E-state index contributed by atoms with van der Waals surface area (Å²) in [5, 5.41) is 8.40. The van der Waals surface area contributed by atoms with Gasteiger partial charge in [-0.1, -0.05) is 36.8 Å². The molecule has 25 heavy (non-hydrogen) atoms. The van der Waals surface area contributed by atoms with E-state index in [4.69, 9.17) is 0 Å². The van der Waals surface area contributed by atoms with Gasteiger partial charge in [0.1, 0.15) is 0 Å². The maximum absolute atomic E-state index is 4.68. The molecule has 0 amide bonds. The highest BCUT2D eigenvalue weighted by Crippen LogP contribution is 2.30. The second-order valence-electron chi connectivity index (χ2n) is 7.64. The quantitative estimate of drug-likeness (QED) is 0.906. The van der Waals surface area contributed by atoms with E-state index in [1.165, 1.54) is 56.5 Å². The fourth-order valence-electron chi connectivity index (χ4n) is 4.62. The van der Waals surface area contributed by atoms with Gasteiger partial charge in [0.05, 0.1) is 11.4 Å². The zero-order valence-corrected chi connectivity index (χ0v) is 15.3. The summed E-state index contributed by atoms with van der Waals surface area (Å²) in [6.45, 7) is 4.68. The predicted molar refractivity (Wildman–Crippen MR) is 102 cm³/mol. The Hall–Kier alpha value is -1.65. The number of hydrogen-bond donors (Lipinski definition) is 1. The van der Waals surface area contributed by atoms with E-state index >= 15 is 0 Å². The summed E-state index contributed by atoms with van der Waals surface area (Å²) in [4.78, 5) is 2.75. The van der Waals surface area contributed by atoms with Crippen LogP contribution in [0, 0.1) is 5.92 Å². The minimum Gasteiger partial charge on any atom is -0.311 e. The van der Waals surface area contributed by atoms with Crippen LogP contribution in [-0.4, -0.2) is 40.4 Å². The topological polar surface area (TPSA) is 33.1 Å². The van der Waals surface area contributed by atoms with Crippen molar-refractivity contribution in [2.24, 2.45) is 13.0 Å². The molecule has 2 aliphatic heterocycles. The average molecular weight is 338 g/mol. The number of nitrogens with one attached hydrogen (secondary N) is 1. The number of piperidine rings is 2. The lowest BCUT2D eigenvalue weighted by molar-refractivity contribution is 0.0593. The number of aryl methyl sites for hydroxylation is 1. The van der Waals surface area contributed by atoms with Gasteiger partial charge in [0.15, 0.2) is 0 Å². The minimum atomic E-state index is 0.816. The van der Waals surface area contributed by atoms with Gasteiger partial charge in [-0.3, -0.25) is 4.68 Å².